The van der Waals surface area contributed by atoms with Crippen LogP contribution in [0.2, 0.25) is 0 Å². The fourth-order valence-electron chi connectivity index (χ4n) is 4.67. The number of amides is 2. The number of carbonyl (C=O) groups is 2. The summed E-state index contributed by atoms with van der Waals surface area (Å²) in [5.41, 5.74) is 2.01. The fraction of sp³-hybridized carbons (Fsp3) is 0.619. The molecule has 3 saturated heterocycles. The normalized spacial score (nSPS) is 28.0. The van der Waals surface area contributed by atoms with E-state index in [1.165, 1.54) is 0 Å². The van der Waals surface area contributed by atoms with Crippen LogP contribution in [-0.4, -0.2) is 66.7 Å². The van der Waals surface area contributed by atoms with E-state index < -0.39 is 12.1 Å². The molecule has 0 N–H and O–H groups in total. The van der Waals surface area contributed by atoms with Crippen LogP contribution in [-0.2, 0) is 19.1 Å². The number of likely N-dealkylation sites (N-methyl/N-ethyl adjacent to an activating group) is 1. The van der Waals surface area contributed by atoms with Gasteiger partial charge in [0.25, 0.3) is 5.91 Å². The zero-order valence-electron chi connectivity index (χ0n) is 16.1. The highest BCUT2D eigenvalue weighted by Crippen LogP contribution is 2.37. The summed E-state index contributed by atoms with van der Waals surface area (Å²) in [6, 6.07) is 7.51. The molecule has 3 fully saturated rings. The number of likely N-dealkylation sites (tertiary alicyclic amines) is 1. The number of hydrogen-bond donors (Lipinski definition) is 0. The average Bonchev–Trinajstić information content (AvgIpc) is 3.13. The molecule has 0 unspecified atom stereocenters. The molecule has 0 radical (unpaired) electrons. The predicted molar refractivity (Wildman–Crippen MR) is 100 cm³/mol. The van der Waals surface area contributed by atoms with Crippen LogP contribution >= 0.6 is 0 Å². The van der Waals surface area contributed by atoms with Crippen LogP contribution in [0, 0.1) is 6.92 Å². The summed E-state index contributed by atoms with van der Waals surface area (Å²) >= 11 is 0. The third-order valence-corrected chi connectivity index (χ3v) is 6.41. The maximum absolute atomic E-state index is 13.3. The number of morpholine rings is 1. The van der Waals surface area contributed by atoms with Crippen molar-refractivity contribution in [3.05, 3.63) is 35.4 Å². The largest absolute Gasteiger partial charge is 0.375 e. The molecule has 1 aromatic rings. The van der Waals surface area contributed by atoms with E-state index in [0.29, 0.717) is 13.1 Å². The molecular formula is C21H28N2O4. The number of piperidine rings is 1. The Morgan fingerprint density at radius 1 is 1.19 bits per heavy atom. The molecule has 1 aromatic carbocycles. The first-order chi connectivity index (χ1) is 13.0. The van der Waals surface area contributed by atoms with Gasteiger partial charge in [0, 0.05) is 26.7 Å². The number of ether oxygens (including phenoxy) is 2. The lowest BCUT2D eigenvalue weighted by molar-refractivity contribution is -0.169. The molecule has 4 rings (SSSR count). The first kappa shape index (κ1) is 18.4. The fourth-order valence-corrected chi connectivity index (χ4v) is 4.67. The summed E-state index contributed by atoms with van der Waals surface area (Å²) < 4.78 is 11.8. The van der Waals surface area contributed by atoms with E-state index in [4.69, 9.17) is 9.47 Å². The lowest BCUT2D eigenvalue weighted by Crippen LogP contribution is -2.56. The van der Waals surface area contributed by atoms with Crippen molar-refractivity contribution in [2.75, 3.05) is 33.4 Å². The highest BCUT2D eigenvalue weighted by atomic mass is 16.5. The molecule has 6 nitrogen and oxygen atoms in total. The van der Waals surface area contributed by atoms with E-state index in [-0.39, 0.29) is 24.0 Å². The average molecular weight is 372 g/mol. The van der Waals surface area contributed by atoms with Crippen LogP contribution in [0.1, 0.15) is 42.9 Å². The third-order valence-electron chi connectivity index (χ3n) is 6.41. The van der Waals surface area contributed by atoms with Crippen molar-refractivity contribution in [1.29, 1.82) is 0 Å². The van der Waals surface area contributed by atoms with Gasteiger partial charge in [-0.3, -0.25) is 9.59 Å². The quantitative estimate of drug-likeness (QED) is 0.797. The Hall–Kier alpha value is -1.92. The van der Waals surface area contributed by atoms with Crippen LogP contribution in [0.25, 0.3) is 0 Å². The SMILES string of the molecule is Cc1ccccc1[C@@H]1[C@@H](C(=O)N2CCC3(CCCO3)CC2)OCC(=O)N1C. The smallest absolute Gasteiger partial charge is 0.254 e. The van der Waals surface area contributed by atoms with Crippen molar-refractivity contribution in [3.63, 3.8) is 0 Å². The molecule has 3 heterocycles. The molecule has 3 aliphatic heterocycles. The van der Waals surface area contributed by atoms with E-state index >= 15 is 0 Å². The van der Waals surface area contributed by atoms with E-state index in [0.717, 1.165) is 43.4 Å². The summed E-state index contributed by atoms with van der Waals surface area (Å²) in [6.07, 6.45) is 3.32. The Bertz CT molecular complexity index is 719. The maximum atomic E-state index is 13.3. The van der Waals surface area contributed by atoms with Gasteiger partial charge in [-0.05, 0) is 43.7 Å². The van der Waals surface area contributed by atoms with Gasteiger partial charge >= 0.3 is 0 Å². The highest BCUT2D eigenvalue weighted by Gasteiger charge is 2.45. The van der Waals surface area contributed by atoms with Crippen LogP contribution in [0.5, 0.6) is 0 Å². The molecule has 2 atom stereocenters. The first-order valence-corrected chi connectivity index (χ1v) is 9.86. The molecule has 3 aliphatic rings. The monoisotopic (exact) mass is 372 g/mol. The van der Waals surface area contributed by atoms with Gasteiger partial charge in [-0.1, -0.05) is 24.3 Å². The molecule has 0 saturated carbocycles. The van der Waals surface area contributed by atoms with Crippen molar-refractivity contribution in [2.45, 2.75) is 50.4 Å². The first-order valence-electron chi connectivity index (χ1n) is 9.86. The molecule has 0 aliphatic carbocycles. The Kier molecular flexibility index (Phi) is 4.95. The van der Waals surface area contributed by atoms with E-state index in [1.807, 2.05) is 36.1 Å². The number of nitrogens with zero attached hydrogens (tertiary/aromatic N) is 2. The minimum absolute atomic E-state index is 0.0181. The third kappa shape index (κ3) is 3.36. The second-order valence-electron chi connectivity index (χ2n) is 8.00. The Morgan fingerprint density at radius 3 is 2.59 bits per heavy atom. The Balaban J connectivity index is 1.54. The molecular weight excluding hydrogens is 344 g/mol. The van der Waals surface area contributed by atoms with E-state index in [2.05, 4.69) is 0 Å². The Labute approximate surface area is 160 Å². The molecule has 146 valence electrons. The summed E-state index contributed by atoms with van der Waals surface area (Å²) in [5.74, 6) is -0.111. The summed E-state index contributed by atoms with van der Waals surface area (Å²) in [7, 11) is 1.76. The zero-order chi connectivity index (χ0) is 19.0. The second-order valence-corrected chi connectivity index (χ2v) is 8.00. The van der Waals surface area contributed by atoms with E-state index in [9.17, 15) is 9.59 Å². The predicted octanol–water partition coefficient (Wildman–Crippen LogP) is 2.06. The van der Waals surface area contributed by atoms with Gasteiger partial charge in [-0.15, -0.1) is 0 Å². The maximum Gasteiger partial charge on any atom is 0.254 e. The standard InChI is InChI=1S/C21H28N2O4/c1-15-6-3-4-7-16(15)18-19(26-14-17(24)22(18)2)20(25)23-11-9-21(10-12-23)8-5-13-27-21/h3-4,6-7,18-19H,5,8-14H2,1-2H3/t18-,19+/m1/s1. The molecule has 0 bridgehead atoms. The zero-order valence-corrected chi connectivity index (χ0v) is 16.1. The van der Waals surface area contributed by atoms with Crippen molar-refractivity contribution in [2.24, 2.45) is 0 Å². The van der Waals surface area contributed by atoms with E-state index in [1.54, 1.807) is 11.9 Å². The summed E-state index contributed by atoms with van der Waals surface area (Å²) in [5, 5.41) is 0. The highest BCUT2D eigenvalue weighted by molar-refractivity contribution is 5.86. The van der Waals surface area contributed by atoms with Crippen LogP contribution in [0.3, 0.4) is 0 Å². The molecule has 6 heteroatoms. The Morgan fingerprint density at radius 2 is 1.93 bits per heavy atom. The lowest BCUT2D eigenvalue weighted by Gasteiger charge is -2.43. The van der Waals surface area contributed by atoms with Gasteiger partial charge < -0.3 is 19.3 Å². The summed E-state index contributed by atoms with van der Waals surface area (Å²) in [4.78, 5) is 29.2. The van der Waals surface area contributed by atoms with Crippen molar-refractivity contribution < 1.29 is 19.1 Å². The lowest BCUT2D eigenvalue weighted by atomic mass is 9.87. The van der Waals surface area contributed by atoms with Gasteiger partial charge in [0.15, 0.2) is 6.10 Å². The molecule has 1 spiro atoms. The number of hydrogen-bond acceptors (Lipinski definition) is 4. The summed E-state index contributed by atoms with van der Waals surface area (Å²) in [6.45, 7) is 4.18. The van der Waals surface area contributed by atoms with Gasteiger partial charge in [0.2, 0.25) is 5.91 Å². The number of benzene rings is 1. The molecule has 27 heavy (non-hydrogen) atoms. The minimum atomic E-state index is -0.660. The van der Waals surface area contributed by atoms with Crippen molar-refractivity contribution in [3.8, 4) is 0 Å². The second kappa shape index (κ2) is 7.24. The van der Waals surface area contributed by atoms with Crippen LogP contribution in [0.15, 0.2) is 24.3 Å². The minimum Gasteiger partial charge on any atom is -0.375 e. The molecule has 0 aromatic heterocycles. The number of aryl methyl sites for hydroxylation is 1. The van der Waals surface area contributed by atoms with Crippen LogP contribution in [0.4, 0.5) is 0 Å². The van der Waals surface area contributed by atoms with Gasteiger partial charge in [-0.2, -0.15) is 0 Å². The topological polar surface area (TPSA) is 59.1 Å². The van der Waals surface area contributed by atoms with Crippen LogP contribution < -0.4 is 0 Å². The van der Waals surface area contributed by atoms with Crippen molar-refractivity contribution >= 4 is 11.8 Å². The van der Waals surface area contributed by atoms with Gasteiger partial charge in [0.05, 0.1) is 11.6 Å². The molecule has 2 amide bonds. The van der Waals surface area contributed by atoms with Crippen molar-refractivity contribution in [1.82, 2.24) is 9.80 Å². The van der Waals surface area contributed by atoms with Gasteiger partial charge in [-0.25, -0.2) is 0 Å². The number of rotatable bonds is 2. The number of carbonyl (C=O) groups excluding carboxylic acids is 2. The van der Waals surface area contributed by atoms with Gasteiger partial charge in [0.1, 0.15) is 6.61 Å².